The van der Waals surface area contributed by atoms with E-state index < -0.39 is 23.9 Å². The average Bonchev–Trinajstić information content (AvgIpc) is 1.42. The second-order valence-corrected chi connectivity index (χ2v) is 26.7. The summed E-state index contributed by atoms with van der Waals surface area (Å²) in [6, 6.07) is 59.8. The number of methoxy groups -OCH3 is 12. The Kier molecular flexibility index (Phi) is 19.0. The van der Waals surface area contributed by atoms with E-state index in [0.717, 1.165) is 0 Å². The van der Waals surface area contributed by atoms with E-state index in [1.165, 1.54) is 28.4 Å². The minimum Gasteiger partial charge on any atom is -0.656 e. The van der Waals surface area contributed by atoms with Crippen LogP contribution in [0, 0.1) is 0 Å². The molecule has 0 spiro atoms. The molecule has 2 aliphatic heterocycles. The van der Waals surface area contributed by atoms with Crippen molar-refractivity contribution in [3.8, 4) is 136 Å². The van der Waals surface area contributed by atoms with Crippen molar-refractivity contribution in [1.82, 2.24) is 19.9 Å². The number of carbonyl (C=O) groups excluding carboxylic acids is 4. The van der Waals surface area contributed by atoms with Crippen LogP contribution in [0.4, 0.5) is 0 Å². The van der Waals surface area contributed by atoms with Crippen molar-refractivity contribution in [3.05, 3.63) is 216 Å². The van der Waals surface area contributed by atoms with Gasteiger partial charge in [-0.25, -0.2) is 29.1 Å². The number of rotatable bonds is 16. The fourth-order valence-corrected chi connectivity index (χ4v) is 15.9. The minimum absolute atomic E-state index is 0. The van der Waals surface area contributed by atoms with Gasteiger partial charge in [0.15, 0.2) is 0 Å². The topological polar surface area (TPSA) is 233 Å². The van der Waals surface area contributed by atoms with Crippen molar-refractivity contribution >= 4 is 111 Å². The van der Waals surface area contributed by atoms with Gasteiger partial charge < -0.3 is 66.8 Å². The number of nitrogens with zero attached hydrogens (tertiary/aromatic N) is 4. The first-order chi connectivity index (χ1) is 54.6. The molecule has 0 saturated heterocycles. The van der Waals surface area contributed by atoms with Gasteiger partial charge in [0.05, 0.1) is 130 Å². The van der Waals surface area contributed by atoms with E-state index >= 15 is 0 Å². The van der Waals surface area contributed by atoms with E-state index in [0.29, 0.717) is 222 Å². The maximum absolute atomic E-state index is 13.7. The smallest absolute Gasteiger partial charge is 0.656 e. The molecular weight excluding hydrogens is 1480 g/mol. The van der Waals surface area contributed by atoms with Crippen LogP contribution in [0.2, 0.25) is 0 Å². The largest absolute Gasteiger partial charge is 2.00 e. The van der Waals surface area contributed by atoms with Gasteiger partial charge >= 0.3 is 43.4 Å². The predicted molar refractivity (Wildman–Crippen MR) is 432 cm³/mol. The van der Waals surface area contributed by atoms with E-state index in [4.69, 9.17) is 76.8 Å². The normalized spacial score (nSPS) is 11.4. The molecule has 20 nitrogen and oxygen atoms in total. The van der Waals surface area contributed by atoms with Crippen molar-refractivity contribution < 1.29 is 95.5 Å². The van der Waals surface area contributed by atoms with Gasteiger partial charge in [0.25, 0.3) is 0 Å². The van der Waals surface area contributed by atoms with Gasteiger partial charge in [-0.1, -0.05) is 48.5 Å². The molecule has 0 unspecified atom stereocenters. The Bertz CT molecular complexity index is 5940. The maximum atomic E-state index is 13.7. The van der Waals surface area contributed by atoms with Crippen LogP contribution >= 0.6 is 0 Å². The SMILES string of the molecule is COC(=O)c1ccc(-c2c3nc(c(-c4ccc(C(=O)OC)cc4)c4[n-]c(c(-c5ccc(C(=O)OC)cc5)c5nc(c(-c6ccc(C(=O)OC)cc6)c6[n-]c2c2cc7c(OC)ccc(OC)c7cc62)-c2cc6c(OC)ccc(OC)c6cc2-5)c2cc5c(OC)ccc(OC)c5cc42)-c2cc4c(OC)ccc(OC)c4cc2-3)cc1.[Zn+2]. The standard InChI is InChI=1S/C92H69N4O16.Zn/c1-101-69-29-30-70(102-2)54-38-62-61(37-53(54)69)81-77(45-13-21-49(22-14-45)89(97)109-9)83-63-39-55-56(72(104-4)32-31-71(55)103-3)40-64(63)85(94-83)79(47-17-25-51(26-18-47)91(99)111-11)87-67-43-59-60(76(108-8)36-35-75(59)107-7)44-68(67)88(96-87)80(48-19-27-52(28-20-48)92(100)112-12)86-66-42-58-57(73(105-5)33-34-74(58)106-6)41-65(66)84(95-86)78(82(62)93-81)46-15-23-50(24-16-46)90(98)110-10;/h13-44H,1-12H3,(H-,93,94,95,96,97,98,99,100);/q-1;+2/p-1. The summed E-state index contributed by atoms with van der Waals surface area (Å²) in [7, 11) is 18.3. The van der Waals surface area contributed by atoms with Crippen LogP contribution < -0.4 is 47.9 Å². The van der Waals surface area contributed by atoms with Gasteiger partial charge in [-0.2, -0.15) is 0 Å². The summed E-state index contributed by atoms with van der Waals surface area (Å²) < 4.78 is 71.5. The van der Waals surface area contributed by atoms with Crippen LogP contribution in [0.3, 0.4) is 0 Å². The molecule has 0 N–H and O–H groups in total. The second kappa shape index (κ2) is 29.2. The summed E-state index contributed by atoms with van der Waals surface area (Å²) in [5.41, 5.74) is 11.2. The maximum Gasteiger partial charge on any atom is 2.00 e. The first-order valence-electron chi connectivity index (χ1n) is 35.5. The molecule has 0 saturated carbocycles. The van der Waals surface area contributed by atoms with E-state index in [1.54, 1.807) is 105 Å². The summed E-state index contributed by atoms with van der Waals surface area (Å²) in [6.45, 7) is 0. The fourth-order valence-electron chi connectivity index (χ4n) is 15.9. The van der Waals surface area contributed by atoms with Crippen LogP contribution in [0.1, 0.15) is 41.4 Å². The predicted octanol–water partition coefficient (Wildman–Crippen LogP) is 19.0. The van der Waals surface area contributed by atoms with Gasteiger partial charge in [-0.15, -0.1) is 22.1 Å². The zero-order chi connectivity index (χ0) is 77.7. The number of ether oxygens (including phenoxy) is 12. The monoisotopic (exact) mass is 1550 g/mol. The first kappa shape index (κ1) is 73.4. The molecule has 113 heavy (non-hydrogen) atoms. The molecule has 12 aromatic carbocycles. The molecule has 4 heterocycles. The fraction of sp³-hybridized carbons (Fsp3) is 0.130. The van der Waals surface area contributed by atoms with Gasteiger partial charge in [0.1, 0.15) is 46.0 Å². The van der Waals surface area contributed by atoms with Crippen molar-refractivity contribution in [2.24, 2.45) is 0 Å². The van der Waals surface area contributed by atoms with Crippen LogP contribution in [-0.2, 0) is 38.4 Å². The molecule has 2 aromatic heterocycles. The molecular formula is C92H68N4O16Zn. The van der Waals surface area contributed by atoms with Crippen molar-refractivity contribution in [2.45, 2.75) is 0 Å². The van der Waals surface area contributed by atoms with E-state index in [9.17, 15) is 19.2 Å². The average molecular weight is 1550 g/mol. The molecule has 8 bridgehead atoms. The van der Waals surface area contributed by atoms with Crippen LogP contribution in [0.5, 0.6) is 46.0 Å². The van der Waals surface area contributed by atoms with Crippen LogP contribution in [0.25, 0.3) is 176 Å². The quantitative estimate of drug-likeness (QED) is 0.0497. The molecule has 14 aromatic rings. The molecule has 21 heteroatoms. The number of hydrogen-bond acceptors (Lipinski definition) is 18. The molecule has 1 aliphatic carbocycles. The van der Waals surface area contributed by atoms with E-state index in [2.05, 4.69) is 0 Å². The van der Waals surface area contributed by atoms with Crippen LogP contribution in [-0.4, -0.2) is 119 Å². The van der Waals surface area contributed by atoms with E-state index in [1.807, 2.05) is 146 Å². The minimum atomic E-state index is -0.559. The molecule has 0 atom stereocenters. The summed E-state index contributed by atoms with van der Waals surface area (Å²) >= 11 is 0. The number of esters is 4. The summed E-state index contributed by atoms with van der Waals surface area (Å²) in [5, 5.41) is 7.87. The van der Waals surface area contributed by atoms with Gasteiger partial charge in [0.2, 0.25) is 0 Å². The summed E-state index contributed by atoms with van der Waals surface area (Å²) in [4.78, 5) is 79.3. The Morgan fingerprint density at radius 2 is 0.398 bits per heavy atom. The Labute approximate surface area is 659 Å². The Balaban J connectivity index is 0.00000964. The van der Waals surface area contributed by atoms with Gasteiger partial charge in [0, 0.05) is 65.3 Å². The Morgan fingerprint density at radius 1 is 0.230 bits per heavy atom. The summed E-state index contributed by atoms with van der Waals surface area (Å²) in [6.07, 6.45) is 0. The zero-order valence-electron chi connectivity index (χ0n) is 63.5. The zero-order valence-corrected chi connectivity index (χ0v) is 66.5. The molecule has 0 amide bonds. The third kappa shape index (κ3) is 11.7. The van der Waals surface area contributed by atoms with Crippen LogP contribution in [0.15, 0.2) is 194 Å². The molecule has 554 valence electrons. The molecule has 0 radical (unpaired) electrons. The van der Waals surface area contributed by atoms with Gasteiger partial charge in [-0.05, 0) is 212 Å². The van der Waals surface area contributed by atoms with Gasteiger partial charge in [-0.3, -0.25) is 0 Å². The number of hydrogen-bond donors (Lipinski definition) is 0. The Morgan fingerprint density at radius 3 is 0.558 bits per heavy atom. The summed E-state index contributed by atoms with van der Waals surface area (Å²) in [5.74, 6) is 2.03. The third-order valence-electron chi connectivity index (χ3n) is 21.3. The molecule has 17 rings (SSSR count). The Hall–Kier alpha value is -13.8. The van der Waals surface area contributed by atoms with Crippen molar-refractivity contribution in [1.29, 1.82) is 0 Å². The second-order valence-electron chi connectivity index (χ2n) is 26.7. The number of benzene rings is 12. The third-order valence-corrected chi connectivity index (χ3v) is 21.3. The number of aromatic nitrogens is 4. The molecule has 0 fully saturated rings. The van der Waals surface area contributed by atoms with E-state index in [-0.39, 0.29) is 41.7 Å². The first-order valence-corrected chi connectivity index (χ1v) is 35.5. The molecule has 3 aliphatic rings. The number of fused-ring (bicyclic) bond motifs is 4. The van der Waals surface area contributed by atoms with Crippen molar-refractivity contribution in [2.75, 3.05) is 85.3 Å². The van der Waals surface area contributed by atoms with Crippen molar-refractivity contribution in [3.63, 3.8) is 0 Å². The number of carbonyl (C=O) groups is 4.